The van der Waals surface area contributed by atoms with E-state index in [-0.39, 0.29) is 17.9 Å². The number of ether oxygens (including phenoxy) is 3. The Morgan fingerprint density at radius 3 is 2.68 bits per heavy atom. The number of pyridine rings is 1. The molecule has 0 saturated carbocycles. The van der Waals surface area contributed by atoms with Gasteiger partial charge in [-0.1, -0.05) is 0 Å². The van der Waals surface area contributed by atoms with Gasteiger partial charge in [-0.05, 0) is 43.0 Å². The Hall–Kier alpha value is -3.31. The zero-order valence-corrected chi connectivity index (χ0v) is 21.0. The van der Waals surface area contributed by atoms with Gasteiger partial charge in [0.1, 0.15) is 30.3 Å². The van der Waals surface area contributed by atoms with E-state index in [1.165, 1.54) is 20.0 Å². The molecule has 0 N–H and O–H groups in total. The van der Waals surface area contributed by atoms with Crippen molar-refractivity contribution < 1.29 is 32.2 Å². The average molecular weight is 531 g/mol. The van der Waals surface area contributed by atoms with Crippen LogP contribution in [-0.4, -0.2) is 89.9 Å². The molecule has 2 fully saturated rings. The Kier molecular flexibility index (Phi) is 6.43. The van der Waals surface area contributed by atoms with Gasteiger partial charge in [0, 0.05) is 43.0 Å². The molecular formula is C27H29F3N4O4. The highest BCUT2D eigenvalue weighted by Crippen LogP contribution is 2.35. The van der Waals surface area contributed by atoms with Crippen LogP contribution in [0.15, 0.2) is 36.7 Å². The molecule has 11 heteroatoms. The molecule has 1 amide bonds. The third-order valence-corrected chi connectivity index (χ3v) is 7.72. The second kappa shape index (κ2) is 9.77. The van der Waals surface area contributed by atoms with Gasteiger partial charge in [0.05, 0.1) is 37.8 Å². The van der Waals surface area contributed by atoms with Crippen LogP contribution in [0.1, 0.15) is 28.8 Å². The van der Waals surface area contributed by atoms with Gasteiger partial charge in [-0.25, -0.2) is 4.98 Å². The highest BCUT2D eigenvalue weighted by molar-refractivity contribution is 6.00. The van der Waals surface area contributed by atoms with Gasteiger partial charge >= 0.3 is 6.18 Å². The molecule has 0 spiro atoms. The van der Waals surface area contributed by atoms with Crippen LogP contribution < -0.4 is 9.47 Å². The van der Waals surface area contributed by atoms with Crippen LogP contribution >= 0.6 is 0 Å². The summed E-state index contributed by atoms with van der Waals surface area (Å²) >= 11 is 0. The number of hydrogen-bond donors (Lipinski definition) is 0. The molecule has 2 atom stereocenters. The van der Waals surface area contributed by atoms with Gasteiger partial charge in [-0.3, -0.25) is 14.1 Å². The fraction of sp³-hybridized carbons (Fsp3) is 0.481. The minimum Gasteiger partial charge on any atom is -0.496 e. The normalized spacial score (nSPS) is 21.7. The van der Waals surface area contributed by atoms with Gasteiger partial charge in [-0.15, -0.1) is 0 Å². The zero-order chi connectivity index (χ0) is 26.4. The number of morpholine rings is 1. The predicted octanol–water partition coefficient (Wildman–Crippen LogP) is 3.81. The molecule has 8 nitrogen and oxygen atoms in total. The summed E-state index contributed by atoms with van der Waals surface area (Å²) < 4.78 is 57.9. The molecule has 3 aliphatic heterocycles. The topological polar surface area (TPSA) is 68.5 Å². The summed E-state index contributed by atoms with van der Waals surface area (Å²) in [5, 5.41) is 0. The number of benzene rings is 1. The molecule has 5 heterocycles. The van der Waals surface area contributed by atoms with Crippen LogP contribution in [0.25, 0.3) is 16.9 Å². The summed E-state index contributed by atoms with van der Waals surface area (Å²) in [4.78, 5) is 20.7. The first kappa shape index (κ1) is 25.0. The first-order valence-electron chi connectivity index (χ1n) is 12.8. The molecule has 38 heavy (non-hydrogen) atoms. The number of halogens is 3. The van der Waals surface area contributed by atoms with Gasteiger partial charge in [0.25, 0.3) is 5.91 Å². The molecule has 6 rings (SSSR count). The van der Waals surface area contributed by atoms with Gasteiger partial charge in [0.15, 0.2) is 0 Å². The van der Waals surface area contributed by atoms with E-state index in [9.17, 15) is 18.0 Å². The lowest BCUT2D eigenvalue weighted by molar-refractivity contribution is -0.141. The summed E-state index contributed by atoms with van der Waals surface area (Å²) in [5.74, 6) is 0.312. The average Bonchev–Trinajstić information content (AvgIpc) is 3.40. The number of hydrogen-bond acceptors (Lipinski definition) is 6. The van der Waals surface area contributed by atoms with Crippen LogP contribution in [0.3, 0.4) is 0 Å². The maximum atomic E-state index is 12.9. The molecule has 3 aromatic rings. The van der Waals surface area contributed by atoms with Crippen molar-refractivity contribution in [1.82, 2.24) is 19.2 Å². The fourth-order valence-electron chi connectivity index (χ4n) is 5.92. The smallest absolute Gasteiger partial charge is 0.406 e. The zero-order valence-electron chi connectivity index (χ0n) is 21.0. The second-order valence-corrected chi connectivity index (χ2v) is 10.0. The first-order valence-corrected chi connectivity index (χ1v) is 12.8. The van der Waals surface area contributed by atoms with Crippen molar-refractivity contribution in [3.05, 3.63) is 47.8 Å². The predicted molar refractivity (Wildman–Crippen MR) is 133 cm³/mol. The molecule has 1 aromatic carbocycles. The quantitative estimate of drug-likeness (QED) is 0.463. The van der Waals surface area contributed by atoms with Crippen molar-refractivity contribution in [2.24, 2.45) is 0 Å². The van der Waals surface area contributed by atoms with Gasteiger partial charge in [-0.2, -0.15) is 13.2 Å². The fourth-order valence-corrected chi connectivity index (χ4v) is 5.92. The monoisotopic (exact) mass is 530 g/mol. The number of rotatable bonds is 7. The molecule has 2 saturated heterocycles. The van der Waals surface area contributed by atoms with E-state index >= 15 is 0 Å². The SMILES string of the molecule is COc1cc(-c2cnc3cc(OCCN4C5CCC4COC5)ccn23)cc2c1C(=O)N(CC(F)(F)F)CC2. The van der Waals surface area contributed by atoms with Crippen molar-refractivity contribution in [2.45, 2.75) is 37.5 Å². The number of amides is 1. The second-order valence-electron chi connectivity index (χ2n) is 10.0. The molecule has 3 aliphatic rings. The number of carbonyl (C=O) groups excluding carboxylic acids is 1. The van der Waals surface area contributed by atoms with Crippen molar-refractivity contribution in [3.63, 3.8) is 0 Å². The van der Waals surface area contributed by atoms with E-state index in [1.807, 2.05) is 28.8 Å². The van der Waals surface area contributed by atoms with Crippen LogP contribution in [-0.2, 0) is 11.2 Å². The van der Waals surface area contributed by atoms with Crippen LogP contribution in [0.5, 0.6) is 11.5 Å². The highest BCUT2D eigenvalue weighted by atomic mass is 19.4. The summed E-state index contributed by atoms with van der Waals surface area (Å²) in [6.07, 6.45) is 1.82. The summed E-state index contributed by atoms with van der Waals surface area (Å²) in [6.45, 7) is 1.76. The lowest BCUT2D eigenvalue weighted by Crippen LogP contribution is -2.47. The third kappa shape index (κ3) is 4.69. The molecular weight excluding hydrogens is 501 g/mol. The van der Waals surface area contributed by atoms with E-state index in [0.29, 0.717) is 36.3 Å². The first-order chi connectivity index (χ1) is 18.3. The molecule has 2 aromatic heterocycles. The maximum Gasteiger partial charge on any atom is 0.406 e. The lowest BCUT2D eigenvalue weighted by atomic mass is 9.94. The Morgan fingerprint density at radius 2 is 1.95 bits per heavy atom. The van der Waals surface area contributed by atoms with Crippen molar-refractivity contribution in [2.75, 3.05) is 46.6 Å². The minimum atomic E-state index is -4.46. The number of aromatic nitrogens is 2. The molecule has 0 radical (unpaired) electrons. The molecule has 0 aliphatic carbocycles. The number of imidazole rings is 1. The number of alkyl halides is 3. The van der Waals surface area contributed by atoms with E-state index in [4.69, 9.17) is 14.2 Å². The van der Waals surface area contributed by atoms with E-state index in [0.717, 1.165) is 41.7 Å². The Morgan fingerprint density at radius 1 is 1.16 bits per heavy atom. The van der Waals surface area contributed by atoms with Crippen LogP contribution in [0, 0.1) is 0 Å². The Balaban J connectivity index is 1.20. The van der Waals surface area contributed by atoms with Crippen molar-refractivity contribution in [3.8, 4) is 22.8 Å². The molecule has 2 bridgehead atoms. The maximum absolute atomic E-state index is 12.9. The van der Waals surface area contributed by atoms with Gasteiger partial charge in [0.2, 0.25) is 0 Å². The lowest BCUT2D eigenvalue weighted by Gasteiger charge is -2.34. The van der Waals surface area contributed by atoms with E-state index in [1.54, 1.807) is 12.3 Å². The van der Waals surface area contributed by atoms with Crippen LogP contribution in [0.2, 0.25) is 0 Å². The third-order valence-electron chi connectivity index (χ3n) is 7.72. The summed E-state index contributed by atoms with van der Waals surface area (Å²) in [7, 11) is 1.41. The van der Waals surface area contributed by atoms with Crippen molar-refractivity contribution >= 4 is 11.6 Å². The largest absolute Gasteiger partial charge is 0.496 e. The summed E-state index contributed by atoms with van der Waals surface area (Å²) in [6, 6.07) is 8.27. The van der Waals surface area contributed by atoms with E-state index < -0.39 is 18.6 Å². The number of carbonyl (C=O) groups is 1. The number of nitrogens with zero attached hydrogens (tertiary/aromatic N) is 4. The molecule has 2 unspecified atom stereocenters. The van der Waals surface area contributed by atoms with Gasteiger partial charge < -0.3 is 19.1 Å². The van der Waals surface area contributed by atoms with Crippen molar-refractivity contribution in [1.29, 1.82) is 0 Å². The Bertz CT molecular complexity index is 1320. The van der Waals surface area contributed by atoms with Crippen LogP contribution in [0.4, 0.5) is 13.2 Å². The number of methoxy groups -OCH3 is 1. The standard InChI is InChI=1S/C27H29F3N4O4/c1-36-23-11-18(10-17-4-6-32(16-27(28,29)30)26(35)25(17)23)22-13-31-24-12-21(5-7-34(22)24)38-9-8-33-19-2-3-20(33)15-37-14-19/h5,7,10-13,19-20H,2-4,6,8-9,14-16H2,1H3. The Labute approximate surface area is 217 Å². The minimum absolute atomic E-state index is 0.00223. The molecule has 202 valence electrons. The summed E-state index contributed by atoms with van der Waals surface area (Å²) in [5.41, 5.74) is 3.09. The van der Waals surface area contributed by atoms with E-state index in [2.05, 4.69) is 9.88 Å². The highest BCUT2D eigenvalue weighted by Gasteiger charge is 2.38. The number of fused-ring (bicyclic) bond motifs is 4.